The van der Waals surface area contributed by atoms with Crippen molar-refractivity contribution in [2.24, 2.45) is 0 Å². The molecule has 2 aliphatic heterocycles. The zero-order chi connectivity index (χ0) is 12.7. The van der Waals surface area contributed by atoms with Crippen LogP contribution in [0.25, 0.3) is 0 Å². The van der Waals surface area contributed by atoms with Gasteiger partial charge in [0.2, 0.25) is 5.91 Å². The smallest absolute Gasteiger partial charge is 0.219 e. The summed E-state index contributed by atoms with van der Waals surface area (Å²) in [5.41, 5.74) is -0.168. The van der Waals surface area contributed by atoms with Crippen molar-refractivity contribution in [3.05, 3.63) is 0 Å². The van der Waals surface area contributed by atoms with E-state index in [9.17, 15) is 9.59 Å². The lowest BCUT2D eigenvalue weighted by atomic mass is 9.74. The monoisotopic (exact) mass is 238 g/mol. The number of rotatable bonds is 0. The quantitative estimate of drug-likeness (QED) is 0.687. The molecule has 0 unspecified atom stereocenters. The van der Waals surface area contributed by atoms with E-state index in [0.29, 0.717) is 18.6 Å². The lowest BCUT2D eigenvalue weighted by Gasteiger charge is -2.49. The molecule has 0 radical (unpaired) electrons. The zero-order valence-electron chi connectivity index (χ0n) is 11.0. The molecule has 4 nitrogen and oxygen atoms in total. The highest BCUT2D eigenvalue weighted by atomic mass is 16.2. The Bertz CT molecular complexity index is 341. The lowest BCUT2D eigenvalue weighted by Crippen LogP contribution is -2.64. The van der Waals surface area contributed by atoms with Crippen LogP contribution in [-0.4, -0.2) is 40.8 Å². The molecule has 1 spiro atoms. The fourth-order valence-corrected chi connectivity index (χ4v) is 3.29. The number of likely N-dealkylation sites (tertiary alicyclic amines) is 1. The van der Waals surface area contributed by atoms with Gasteiger partial charge in [-0.25, -0.2) is 0 Å². The van der Waals surface area contributed by atoms with Crippen LogP contribution in [0.5, 0.6) is 0 Å². The first-order valence-electron chi connectivity index (χ1n) is 6.39. The summed E-state index contributed by atoms with van der Waals surface area (Å²) in [6, 6.07) is 0. The van der Waals surface area contributed by atoms with Crippen molar-refractivity contribution in [1.29, 1.82) is 0 Å². The second-order valence-electron chi connectivity index (χ2n) is 6.19. The normalized spacial score (nSPS) is 27.2. The summed E-state index contributed by atoms with van der Waals surface area (Å²) in [7, 11) is 0. The Hall–Kier alpha value is -0.900. The summed E-state index contributed by atoms with van der Waals surface area (Å²) >= 11 is 0. The van der Waals surface area contributed by atoms with Gasteiger partial charge < -0.3 is 10.2 Å². The van der Waals surface area contributed by atoms with Gasteiger partial charge in [0.05, 0.1) is 0 Å². The SMILES string of the molecule is CC(=O)N1CCC2(CC1)CC(=O)CC(C)(C)N2. The average Bonchev–Trinajstić information content (AvgIpc) is 2.14. The van der Waals surface area contributed by atoms with Crippen LogP contribution >= 0.6 is 0 Å². The largest absolute Gasteiger partial charge is 0.343 e. The molecule has 2 saturated heterocycles. The van der Waals surface area contributed by atoms with Crippen LogP contribution < -0.4 is 5.32 Å². The first-order chi connectivity index (χ1) is 7.82. The van der Waals surface area contributed by atoms with Gasteiger partial charge in [0.1, 0.15) is 5.78 Å². The van der Waals surface area contributed by atoms with Crippen LogP contribution in [0.3, 0.4) is 0 Å². The predicted octanol–water partition coefficient (Wildman–Crippen LogP) is 1.10. The Labute approximate surface area is 103 Å². The Morgan fingerprint density at radius 2 is 1.82 bits per heavy atom. The summed E-state index contributed by atoms with van der Waals surface area (Å²) < 4.78 is 0. The van der Waals surface area contributed by atoms with Gasteiger partial charge in [-0.2, -0.15) is 0 Å². The molecule has 17 heavy (non-hydrogen) atoms. The fourth-order valence-electron chi connectivity index (χ4n) is 3.29. The van der Waals surface area contributed by atoms with Crippen molar-refractivity contribution in [2.45, 2.75) is 57.5 Å². The molecule has 0 aromatic heterocycles. The maximum Gasteiger partial charge on any atom is 0.219 e. The summed E-state index contributed by atoms with van der Waals surface area (Å²) in [6.07, 6.45) is 3.02. The molecule has 1 N–H and O–H groups in total. The number of amides is 1. The van der Waals surface area contributed by atoms with E-state index in [-0.39, 0.29) is 17.0 Å². The number of carbonyl (C=O) groups excluding carboxylic acids is 2. The number of ketones is 1. The summed E-state index contributed by atoms with van der Waals surface area (Å²) in [5, 5.41) is 3.64. The second-order valence-corrected chi connectivity index (χ2v) is 6.19. The third-order valence-corrected chi connectivity index (χ3v) is 3.94. The maximum absolute atomic E-state index is 11.8. The number of nitrogens with zero attached hydrogens (tertiary/aromatic N) is 1. The van der Waals surface area contributed by atoms with Crippen molar-refractivity contribution >= 4 is 11.7 Å². The Balaban J connectivity index is 2.06. The number of piperidine rings is 2. The highest BCUT2D eigenvalue weighted by molar-refractivity contribution is 5.82. The Morgan fingerprint density at radius 3 is 2.29 bits per heavy atom. The van der Waals surface area contributed by atoms with Crippen LogP contribution in [0.1, 0.15) is 46.5 Å². The molecule has 2 fully saturated rings. The van der Waals surface area contributed by atoms with Crippen molar-refractivity contribution in [3.63, 3.8) is 0 Å². The minimum absolute atomic E-state index is 0.0647. The number of hydrogen-bond acceptors (Lipinski definition) is 3. The van der Waals surface area contributed by atoms with E-state index in [1.807, 2.05) is 4.90 Å². The highest BCUT2D eigenvalue weighted by Gasteiger charge is 2.44. The van der Waals surface area contributed by atoms with Gasteiger partial charge in [0, 0.05) is 43.9 Å². The molecular weight excluding hydrogens is 216 g/mol. The van der Waals surface area contributed by atoms with Gasteiger partial charge in [-0.3, -0.25) is 9.59 Å². The molecule has 2 heterocycles. The molecule has 0 aromatic carbocycles. The highest BCUT2D eigenvalue weighted by Crippen LogP contribution is 2.34. The topological polar surface area (TPSA) is 49.4 Å². The van der Waals surface area contributed by atoms with Crippen LogP contribution in [-0.2, 0) is 9.59 Å². The molecule has 0 saturated carbocycles. The van der Waals surface area contributed by atoms with Crippen LogP contribution in [0, 0.1) is 0 Å². The number of carbonyl (C=O) groups is 2. The van der Waals surface area contributed by atoms with Gasteiger partial charge in [-0.05, 0) is 26.7 Å². The molecule has 0 aromatic rings. The minimum atomic E-state index is -0.103. The molecule has 2 aliphatic rings. The summed E-state index contributed by atoms with van der Waals surface area (Å²) in [6.45, 7) is 7.32. The molecule has 0 bridgehead atoms. The summed E-state index contributed by atoms with van der Waals surface area (Å²) in [5.74, 6) is 0.492. The molecular formula is C13H22N2O2. The molecule has 4 heteroatoms. The minimum Gasteiger partial charge on any atom is -0.343 e. The van der Waals surface area contributed by atoms with E-state index in [0.717, 1.165) is 25.9 Å². The first kappa shape index (κ1) is 12.6. The van der Waals surface area contributed by atoms with Gasteiger partial charge >= 0.3 is 0 Å². The van der Waals surface area contributed by atoms with Crippen LogP contribution in [0.4, 0.5) is 0 Å². The Kier molecular flexibility index (Phi) is 3.02. The molecule has 2 rings (SSSR count). The third kappa shape index (κ3) is 2.68. The first-order valence-corrected chi connectivity index (χ1v) is 6.39. The van der Waals surface area contributed by atoms with Gasteiger partial charge in [0.25, 0.3) is 0 Å². The van der Waals surface area contributed by atoms with Gasteiger partial charge in [-0.15, -0.1) is 0 Å². The van der Waals surface area contributed by atoms with E-state index in [1.54, 1.807) is 6.92 Å². The van der Waals surface area contributed by atoms with Crippen LogP contribution in [0.15, 0.2) is 0 Å². The molecule has 0 atom stereocenters. The van der Waals surface area contributed by atoms with E-state index in [1.165, 1.54) is 0 Å². The van der Waals surface area contributed by atoms with Crippen LogP contribution in [0.2, 0.25) is 0 Å². The lowest BCUT2D eigenvalue weighted by molar-refractivity contribution is -0.132. The van der Waals surface area contributed by atoms with E-state index in [4.69, 9.17) is 0 Å². The van der Waals surface area contributed by atoms with E-state index in [2.05, 4.69) is 19.2 Å². The van der Waals surface area contributed by atoms with Crippen molar-refractivity contribution in [1.82, 2.24) is 10.2 Å². The fraction of sp³-hybridized carbons (Fsp3) is 0.846. The van der Waals surface area contributed by atoms with Crippen molar-refractivity contribution in [3.8, 4) is 0 Å². The standard InChI is InChI=1S/C13H22N2O2/c1-10(16)15-6-4-13(5-7-15)9-11(17)8-12(2,3)14-13/h14H,4-9H2,1-3H3. The summed E-state index contributed by atoms with van der Waals surface area (Å²) in [4.78, 5) is 25.0. The molecule has 96 valence electrons. The van der Waals surface area contributed by atoms with Crippen molar-refractivity contribution in [2.75, 3.05) is 13.1 Å². The van der Waals surface area contributed by atoms with E-state index >= 15 is 0 Å². The number of Topliss-reactive ketones (excluding diaryl/α,β-unsaturated/α-hetero) is 1. The zero-order valence-corrected chi connectivity index (χ0v) is 11.0. The molecule has 1 amide bonds. The van der Waals surface area contributed by atoms with Gasteiger partial charge in [-0.1, -0.05) is 0 Å². The number of nitrogens with one attached hydrogen (secondary N) is 1. The molecule has 0 aliphatic carbocycles. The Morgan fingerprint density at radius 1 is 1.24 bits per heavy atom. The second kappa shape index (κ2) is 4.09. The third-order valence-electron chi connectivity index (χ3n) is 3.94. The number of hydrogen-bond donors (Lipinski definition) is 1. The predicted molar refractivity (Wildman–Crippen MR) is 65.7 cm³/mol. The van der Waals surface area contributed by atoms with Gasteiger partial charge in [0.15, 0.2) is 0 Å². The van der Waals surface area contributed by atoms with Crippen molar-refractivity contribution < 1.29 is 9.59 Å². The average molecular weight is 238 g/mol. The van der Waals surface area contributed by atoms with E-state index < -0.39 is 0 Å². The maximum atomic E-state index is 11.8.